The molecule has 0 radical (unpaired) electrons. The Morgan fingerprint density at radius 2 is 2.13 bits per heavy atom. The molecule has 2 aliphatic heterocycles. The van der Waals surface area contributed by atoms with Gasteiger partial charge in [0.1, 0.15) is 11.4 Å². The highest BCUT2D eigenvalue weighted by molar-refractivity contribution is 5.89. The number of fused-ring (bicyclic) bond motifs is 5. The quantitative estimate of drug-likeness (QED) is 0.560. The molecule has 5 rings (SSSR count). The Morgan fingerprint density at radius 1 is 1.33 bits per heavy atom. The summed E-state index contributed by atoms with van der Waals surface area (Å²) in [5.41, 5.74) is 2.74. The summed E-state index contributed by atoms with van der Waals surface area (Å²) < 4.78 is 26.6. The lowest BCUT2D eigenvalue weighted by atomic mass is 9.85. The number of benzene rings is 1. The standard InChI is InChI=1S/C23H23FN2O4/c1-4-13-14-8-12(29-3)6-7-18(14)25-20-15(13)10-26-19(20)9-17-16(21(26)27)11-30-22(24)23(17,28)5-2/h6-9,22,28H,4-5,10-11H2,1-3H3/t22-,23+/m1/s1. The fraction of sp³-hybridized carbons (Fsp3) is 0.391. The second-order valence-electron chi connectivity index (χ2n) is 7.87. The molecule has 0 amide bonds. The lowest BCUT2D eigenvalue weighted by molar-refractivity contribution is -0.198. The van der Waals surface area contributed by atoms with E-state index < -0.39 is 12.0 Å². The van der Waals surface area contributed by atoms with Crippen LogP contribution in [-0.2, 0) is 29.9 Å². The molecule has 0 saturated heterocycles. The second kappa shape index (κ2) is 6.62. The van der Waals surface area contributed by atoms with Crippen molar-refractivity contribution in [1.82, 2.24) is 9.55 Å². The van der Waals surface area contributed by atoms with Crippen molar-refractivity contribution in [2.75, 3.05) is 7.11 Å². The van der Waals surface area contributed by atoms with E-state index >= 15 is 0 Å². The third-order valence-electron chi connectivity index (χ3n) is 6.48. The largest absolute Gasteiger partial charge is 0.497 e. The molecule has 30 heavy (non-hydrogen) atoms. The Kier molecular flexibility index (Phi) is 4.24. The molecule has 0 saturated carbocycles. The first kappa shape index (κ1) is 19.2. The van der Waals surface area contributed by atoms with Crippen LogP contribution in [-0.4, -0.2) is 28.1 Å². The molecule has 0 fully saturated rings. The van der Waals surface area contributed by atoms with E-state index in [2.05, 4.69) is 6.92 Å². The monoisotopic (exact) mass is 410 g/mol. The van der Waals surface area contributed by atoms with Crippen LogP contribution in [0.25, 0.3) is 22.3 Å². The lowest BCUT2D eigenvalue weighted by Gasteiger charge is -2.36. The van der Waals surface area contributed by atoms with Gasteiger partial charge < -0.3 is 19.1 Å². The normalized spacial score (nSPS) is 22.0. The molecule has 7 heteroatoms. The highest BCUT2D eigenvalue weighted by Gasteiger charge is 2.45. The molecular formula is C23H23FN2O4. The van der Waals surface area contributed by atoms with E-state index in [1.807, 2.05) is 18.2 Å². The van der Waals surface area contributed by atoms with E-state index in [-0.39, 0.29) is 18.6 Å². The summed E-state index contributed by atoms with van der Waals surface area (Å²) in [5, 5.41) is 12.0. The summed E-state index contributed by atoms with van der Waals surface area (Å²) in [6, 6.07) is 7.45. The first-order chi connectivity index (χ1) is 14.4. The number of rotatable bonds is 3. The van der Waals surface area contributed by atoms with Gasteiger partial charge in [0, 0.05) is 22.1 Å². The van der Waals surface area contributed by atoms with Gasteiger partial charge in [-0.15, -0.1) is 0 Å². The van der Waals surface area contributed by atoms with Gasteiger partial charge in [-0.3, -0.25) is 4.79 Å². The number of hydrogen-bond acceptors (Lipinski definition) is 5. The number of methoxy groups -OCH3 is 1. The van der Waals surface area contributed by atoms with Crippen molar-refractivity contribution in [3.63, 3.8) is 0 Å². The van der Waals surface area contributed by atoms with Gasteiger partial charge in [-0.2, -0.15) is 0 Å². The van der Waals surface area contributed by atoms with Crippen LogP contribution in [0.1, 0.15) is 42.5 Å². The molecule has 1 N–H and O–H groups in total. The molecule has 6 nitrogen and oxygen atoms in total. The van der Waals surface area contributed by atoms with Crippen molar-refractivity contribution in [2.45, 2.75) is 51.8 Å². The zero-order chi connectivity index (χ0) is 21.2. The van der Waals surface area contributed by atoms with Crippen LogP contribution in [0.2, 0.25) is 0 Å². The van der Waals surface area contributed by atoms with Gasteiger partial charge >= 0.3 is 0 Å². The number of alkyl halides is 1. The summed E-state index contributed by atoms with van der Waals surface area (Å²) in [6.07, 6.45) is -1.00. The van der Waals surface area contributed by atoms with Gasteiger partial charge in [0.05, 0.1) is 37.2 Å². The van der Waals surface area contributed by atoms with E-state index in [0.717, 1.165) is 34.2 Å². The molecule has 2 aromatic heterocycles. The number of hydrogen-bond donors (Lipinski definition) is 1. The maximum Gasteiger partial charge on any atom is 0.257 e. The fourth-order valence-corrected chi connectivity index (χ4v) is 4.75. The number of aromatic nitrogens is 2. The van der Waals surface area contributed by atoms with Crippen molar-refractivity contribution >= 4 is 10.9 Å². The first-order valence-electron chi connectivity index (χ1n) is 10.2. The van der Waals surface area contributed by atoms with Crippen LogP contribution in [0.3, 0.4) is 0 Å². The number of ether oxygens (including phenoxy) is 2. The predicted molar refractivity (Wildman–Crippen MR) is 110 cm³/mol. The number of halogens is 1. The van der Waals surface area contributed by atoms with E-state index in [1.165, 1.54) is 0 Å². The Bertz CT molecular complexity index is 1250. The smallest absolute Gasteiger partial charge is 0.257 e. The number of aryl methyl sites for hydroxylation is 1. The molecule has 0 spiro atoms. The third-order valence-corrected chi connectivity index (χ3v) is 6.48. The minimum Gasteiger partial charge on any atom is -0.497 e. The Morgan fingerprint density at radius 3 is 2.83 bits per heavy atom. The van der Waals surface area contributed by atoms with Crippen LogP contribution < -0.4 is 10.3 Å². The first-order valence-corrected chi connectivity index (χ1v) is 10.2. The number of nitrogens with zero attached hydrogens (tertiary/aromatic N) is 2. The SMILES string of the molecule is CCc1c2c(nc3ccc(OC)cc13)-c1cc3c(c(=O)n1C2)CO[C@@H](F)[C@]3(O)CC. The van der Waals surface area contributed by atoms with E-state index in [0.29, 0.717) is 29.1 Å². The molecule has 2 atom stereocenters. The topological polar surface area (TPSA) is 73.6 Å². The summed E-state index contributed by atoms with van der Waals surface area (Å²) in [6.45, 7) is 3.99. The van der Waals surface area contributed by atoms with Crippen molar-refractivity contribution in [2.24, 2.45) is 0 Å². The highest BCUT2D eigenvalue weighted by Crippen LogP contribution is 2.42. The lowest BCUT2D eigenvalue weighted by Crippen LogP contribution is -2.45. The predicted octanol–water partition coefficient (Wildman–Crippen LogP) is 3.42. The van der Waals surface area contributed by atoms with E-state index in [1.54, 1.807) is 24.7 Å². The Labute approximate surface area is 172 Å². The summed E-state index contributed by atoms with van der Waals surface area (Å²) in [5.74, 6) is 0.751. The average Bonchev–Trinajstić information content (AvgIpc) is 3.13. The minimum absolute atomic E-state index is 0.0993. The second-order valence-corrected chi connectivity index (χ2v) is 7.87. The van der Waals surface area contributed by atoms with Gasteiger partial charge in [-0.05, 0) is 42.7 Å². The van der Waals surface area contributed by atoms with Crippen LogP contribution >= 0.6 is 0 Å². The van der Waals surface area contributed by atoms with Gasteiger partial charge in [0.2, 0.25) is 6.36 Å². The molecule has 0 bridgehead atoms. The molecule has 4 heterocycles. The zero-order valence-electron chi connectivity index (χ0n) is 17.2. The molecule has 0 aliphatic carbocycles. The van der Waals surface area contributed by atoms with Gasteiger partial charge in [-0.25, -0.2) is 9.37 Å². The van der Waals surface area contributed by atoms with Crippen LogP contribution in [0, 0.1) is 0 Å². The number of aliphatic hydroxyl groups is 1. The molecule has 3 aromatic rings. The molecule has 2 aliphatic rings. The van der Waals surface area contributed by atoms with Crippen molar-refractivity contribution < 1.29 is 19.0 Å². The maximum absolute atomic E-state index is 14.5. The van der Waals surface area contributed by atoms with Crippen LogP contribution in [0.15, 0.2) is 29.1 Å². The number of pyridine rings is 2. The maximum atomic E-state index is 14.5. The van der Waals surface area contributed by atoms with Crippen LogP contribution in [0.4, 0.5) is 4.39 Å². The molecular weight excluding hydrogens is 387 g/mol. The molecule has 1 aromatic carbocycles. The third kappa shape index (κ3) is 2.42. The summed E-state index contributed by atoms with van der Waals surface area (Å²) >= 11 is 0. The Hall–Kier alpha value is -2.77. The van der Waals surface area contributed by atoms with Crippen molar-refractivity contribution in [3.8, 4) is 17.1 Å². The van der Waals surface area contributed by atoms with E-state index in [9.17, 15) is 14.3 Å². The van der Waals surface area contributed by atoms with Crippen LogP contribution in [0.5, 0.6) is 5.75 Å². The molecule has 156 valence electrons. The molecule has 0 unspecified atom stereocenters. The average molecular weight is 410 g/mol. The van der Waals surface area contributed by atoms with Gasteiger partial charge in [-0.1, -0.05) is 13.8 Å². The summed E-state index contributed by atoms with van der Waals surface area (Å²) in [4.78, 5) is 18.1. The van der Waals surface area contributed by atoms with Gasteiger partial charge in [0.15, 0.2) is 0 Å². The van der Waals surface area contributed by atoms with Crippen molar-refractivity contribution in [1.29, 1.82) is 0 Å². The highest BCUT2D eigenvalue weighted by atomic mass is 19.1. The van der Waals surface area contributed by atoms with Gasteiger partial charge in [0.25, 0.3) is 5.56 Å². The Balaban J connectivity index is 1.80. The minimum atomic E-state index is -1.87. The summed E-state index contributed by atoms with van der Waals surface area (Å²) in [7, 11) is 1.63. The zero-order valence-corrected chi connectivity index (χ0v) is 17.2. The van der Waals surface area contributed by atoms with Crippen molar-refractivity contribution in [3.05, 3.63) is 56.9 Å². The van der Waals surface area contributed by atoms with E-state index in [4.69, 9.17) is 14.5 Å². The fourth-order valence-electron chi connectivity index (χ4n) is 4.75.